The molecule has 0 unspecified atom stereocenters. The molecule has 12 heteroatoms. The number of hydrogen-bond donors (Lipinski definition) is 5. The molecule has 2 aromatic carbocycles. The van der Waals surface area contributed by atoms with Crippen LogP contribution in [0.15, 0.2) is 36.4 Å². The highest BCUT2D eigenvalue weighted by Crippen LogP contribution is 2.41. The van der Waals surface area contributed by atoms with Crippen molar-refractivity contribution >= 4 is 35.3 Å². The molecule has 0 radical (unpaired) electrons. The average Bonchev–Trinajstić information content (AvgIpc) is 2.94. The summed E-state index contributed by atoms with van der Waals surface area (Å²) in [6, 6.07) is 7.84. The second kappa shape index (κ2) is 13.2. The van der Waals surface area contributed by atoms with Gasteiger partial charge >= 0.3 is 6.16 Å². The number of carboxylic acid groups (broad SMARTS) is 1. The van der Waals surface area contributed by atoms with Gasteiger partial charge in [0.15, 0.2) is 5.75 Å². The highest BCUT2D eigenvalue weighted by Gasteiger charge is 2.38. The predicted molar refractivity (Wildman–Crippen MR) is 155 cm³/mol. The SMILES string of the molecule is CC(C)(C)[C@H](NC1CCNCC1)C(=O)N1CCN[C@@H](C(=O)Nc2ccc(-c3ccccc3F)c(Cl)c2OC(=O)O)C1. The van der Waals surface area contributed by atoms with E-state index in [1.807, 2.05) is 20.8 Å². The van der Waals surface area contributed by atoms with Gasteiger partial charge in [-0.25, -0.2) is 9.18 Å². The number of hydrogen-bond acceptors (Lipinski definition) is 7. The molecule has 0 aliphatic carbocycles. The molecule has 0 spiro atoms. The molecule has 2 heterocycles. The van der Waals surface area contributed by atoms with E-state index in [-0.39, 0.29) is 51.5 Å². The zero-order valence-corrected chi connectivity index (χ0v) is 24.2. The summed E-state index contributed by atoms with van der Waals surface area (Å²) in [6.07, 6.45) is 0.229. The van der Waals surface area contributed by atoms with Gasteiger partial charge in [0.1, 0.15) is 11.9 Å². The number of anilines is 1. The number of ether oxygens (including phenoxy) is 1. The van der Waals surface area contributed by atoms with Gasteiger partial charge in [-0.1, -0.05) is 56.6 Å². The van der Waals surface area contributed by atoms with E-state index in [9.17, 15) is 23.9 Å². The molecular weight excluding hydrogens is 553 g/mol. The lowest BCUT2D eigenvalue weighted by molar-refractivity contribution is -0.138. The van der Waals surface area contributed by atoms with E-state index in [1.54, 1.807) is 11.0 Å². The van der Waals surface area contributed by atoms with E-state index in [0.29, 0.717) is 13.1 Å². The van der Waals surface area contributed by atoms with Crippen molar-refractivity contribution in [2.24, 2.45) is 5.41 Å². The molecule has 222 valence electrons. The first-order chi connectivity index (χ1) is 19.5. The van der Waals surface area contributed by atoms with Crippen molar-refractivity contribution < 1.29 is 28.6 Å². The van der Waals surface area contributed by atoms with Crippen LogP contribution in [0.3, 0.4) is 0 Å². The minimum Gasteiger partial charge on any atom is -0.449 e. The Labute approximate surface area is 244 Å². The van der Waals surface area contributed by atoms with Gasteiger partial charge in [0.2, 0.25) is 11.8 Å². The minimum atomic E-state index is -1.64. The Bertz CT molecular complexity index is 1280. The first-order valence-electron chi connectivity index (χ1n) is 13.7. The van der Waals surface area contributed by atoms with Crippen molar-refractivity contribution in [1.29, 1.82) is 0 Å². The molecule has 0 aromatic heterocycles. The zero-order valence-electron chi connectivity index (χ0n) is 23.4. The van der Waals surface area contributed by atoms with Crippen LogP contribution < -0.4 is 26.0 Å². The molecule has 5 N–H and O–H groups in total. The van der Waals surface area contributed by atoms with Gasteiger partial charge in [0.25, 0.3) is 0 Å². The summed E-state index contributed by atoms with van der Waals surface area (Å²) in [5.74, 6) is -1.43. The standard InChI is InChI=1S/C29H37ClFN5O5/c1-29(2,3)25(34-17-10-12-32-13-11-17)27(38)36-15-14-33-22(16-36)26(37)35-21-9-8-19(18-6-4-5-7-20(18)31)23(30)24(21)41-28(39)40/h4-9,17,22,25,32-34H,10-16H2,1-3H3,(H,35,37)(H,39,40)/t22-,25-/m1/s1. The smallest absolute Gasteiger partial charge is 0.449 e. The third-order valence-corrected chi connectivity index (χ3v) is 7.74. The molecule has 0 saturated carbocycles. The number of nitrogens with one attached hydrogen (secondary N) is 4. The summed E-state index contributed by atoms with van der Waals surface area (Å²) >= 11 is 6.47. The molecular formula is C29H37ClFN5O5. The van der Waals surface area contributed by atoms with Crippen molar-refractivity contribution in [2.45, 2.75) is 51.7 Å². The Hall–Kier alpha value is -3.25. The number of carbonyl (C=O) groups excluding carboxylic acids is 2. The van der Waals surface area contributed by atoms with Gasteiger partial charge in [-0.15, -0.1) is 0 Å². The quantitative estimate of drug-likeness (QED) is 0.244. The normalized spacial score (nSPS) is 19.0. The number of rotatable bonds is 7. The number of benzene rings is 2. The second-order valence-corrected chi connectivity index (χ2v) is 11.8. The van der Waals surface area contributed by atoms with Crippen LogP contribution in [0.25, 0.3) is 11.1 Å². The number of nitrogens with zero attached hydrogens (tertiary/aromatic N) is 1. The fourth-order valence-corrected chi connectivity index (χ4v) is 5.48. The summed E-state index contributed by atoms with van der Waals surface area (Å²) in [7, 11) is 0. The monoisotopic (exact) mass is 589 g/mol. The number of carbonyl (C=O) groups is 3. The molecule has 2 aliphatic heterocycles. The van der Waals surface area contributed by atoms with Crippen LogP contribution in [-0.2, 0) is 9.59 Å². The van der Waals surface area contributed by atoms with E-state index in [2.05, 4.69) is 21.3 Å². The Morgan fingerprint density at radius 1 is 1.10 bits per heavy atom. The molecule has 0 bridgehead atoms. The molecule has 2 aromatic rings. The van der Waals surface area contributed by atoms with Crippen LogP contribution in [-0.4, -0.2) is 78.8 Å². The Morgan fingerprint density at radius 3 is 2.46 bits per heavy atom. The first kappa shape index (κ1) is 30.7. The fourth-order valence-electron chi connectivity index (χ4n) is 5.17. The lowest BCUT2D eigenvalue weighted by Gasteiger charge is -2.41. The number of piperidine rings is 1. The highest BCUT2D eigenvalue weighted by molar-refractivity contribution is 6.35. The number of halogens is 2. The number of amides is 2. The van der Waals surface area contributed by atoms with Crippen LogP contribution in [0, 0.1) is 11.2 Å². The average molecular weight is 590 g/mol. The van der Waals surface area contributed by atoms with E-state index in [4.69, 9.17) is 16.3 Å². The van der Waals surface area contributed by atoms with Crippen LogP contribution in [0.1, 0.15) is 33.6 Å². The maximum absolute atomic E-state index is 14.4. The van der Waals surface area contributed by atoms with Gasteiger partial charge < -0.3 is 36.0 Å². The zero-order chi connectivity index (χ0) is 29.7. The maximum Gasteiger partial charge on any atom is 0.511 e. The van der Waals surface area contributed by atoms with Crippen molar-refractivity contribution in [3.63, 3.8) is 0 Å². The summed E-state index contributed by atoms with van der Waals surface area (Å²) in [5.41, 5.74) is 0.0267. The molecule has 2 saturated heterocycles. The van der Waals surface area contributed by atoms with Gasteiger partial charge in [0.05, 0.1) is 16.8 Å². The van der Waals surface area contributed by atoms with Gasteiger partial charge in [-0.3, -0.25) is 9.59 Å². The molecule has 2 aliphatic rings. The lowest BCUT2D eigenvalue weighted by atomic mass is 9.84. The predicted octanol–water partition coefficient (Wildman–Crippen LogP) is 3.70. The first-order valence-corrected chi connectivity index (χ1v) is 14.1. The summed E-state index contributed by atoms with van der Waals surface area (Å²) < 4.78 is 19.4. The Balaban J connectivity index is 1.51. The van der Waals surface area contributed by atoms with E-state index < -0.39 is 30.0 Å². The topological polar surface area (TPSA) is 132 Å². The highest BCUT2D eigenvalue weighted by atomic mass is 35.5. The van der Waals surface area contributed by atoms with Crippen LogP contribution in [0.4, 0.5) is 14.9 Å². The fraction of sp³-hybridized carbons (Fsp3) is 0.483. The largest absolute Gasteiger partial charge is 0.511 e. The summed E-state index contributed by atoms with van der Waals surface area (Å²) in [4.78, 5) is 40.2. The van der Waals surface area contributed by atoms with Crippen LogP contribution in [0.5, 0.6) is 5.75 Å². The summed E-state index contributed by atoms with van der Waals surface area (Å²) in [5, 5.41) is 21.9. The van der Waals surface area contributed by atoms with Crippen molar-refractivity contribution in [3.8, 4) is 16.9 Å². The van der Waals surface area contributed by atoms with Crippen LogP contribution in [0.2, 0.25) is 5.02 Å². The van der Waals surface area contributed by atoms with Gasteiger partial charge in [0, 0.05) is 36.8 Å². The molecule has 41 heavy (non-hydrogen) atoms. The summed E-state index contributed by atoms with van der Waals surface area (Å²) in [6.45, 7) is 8.84. The van der Waals surface area contributed by atoms with Gasteiger partial charge in [-0.2, -0.15) is 0 Å². The second-order valence-electron chi connectivity index (χ2n) is 11.4. The van der Waals surface area contributed by atoms with Crippen molar-refractivity contribution in [1.82, 2.24) is 20.9 Å². The third kappa shape index (κ3) is 7.53. The molecule has 10 nitrogen and oxygen atoms in total. The Morgan fingerprint density at radius 2 is 1.80 bits per heavy atom. The molecule has 2 fully saturated rings. The van der Waals surface area contributed by atoms with E-state index >= 15 is 0 Å². The maximum atomic E-state index is 14.4. The van der Waals surface area contributed by atoms with Crippen molar-refractivity contribution in [3.05, 3.63) is 47.2 Å². The molecule has 2 amide bonds. The molecule has 2 atom stereocenters. The van der Waals surface area contributed by atoms with Crippen LogP contribution >= 0.6 is 11.6 Å². The molecule has 4 rings (SSSR count). The minimum absolute atomic E-state index is 0.00730. The van der Waals surface area contributed by atoms with Crippen molar-refractivity contribution in [2.75, 3.05) is 38.0 Å². The van der Waals surface area contributed by atoms with Gasteiger partial charge in [-0.05, 0) is 43.5 Å². The van der Waals surface area contributed by atoms with E-state index in [0.717, 1.165) is 25.9 Å². The Kier molecular flexibility index (Phi) is 9.85. The lowest BCUT2D eigenvalue weighted by Crippen LogP contribution is -2.63. The number of piperazine rings is 1. The third-order valence-electron chi connectivity index (χ3n) is 7.37. The van der Waals surface area contributed by atoms with E-state index in [1.165, 1.54) is 30.3 Å².